The number of aryl methyl sites for hydroxylation is 1. The zero-order valence-electron chi connectivity index (χ0n) is 3.94. The summed E-state index contributed by atoms with van der Waals surface area (Å²) in [5.41, 5.74) is 1.21. The zero-order valence-corrected chi connectivity index (χ0v) is 6.10. The minimum atomic E-state index is 0.984. The lowest BCUT2D eigenvalue weighted by atomic mass is 10.4. The lowest BCUT2D eigenvalue weighted by molar-refractivity contribution is 0.535. The molecule has 0 amide bonds. The molecule has 0 aliphatic rings. The summed E-state index contributed by atoms with van der Waals surface area (Å²) in [6, 6.07) is 1.95. The predicted molar refractivity (Wildman–Crippen MR) is 36.2 cm³/mol. The molecule has 38 valence electrons. The van der Waals surface area contributed by atoms with Gasteiger partial charge >= 0.3 is 0 Å². The lowest BCUT2D eigenvalue weighted by Gasteiger charge is -1.76. The molecule has 0 spiro atoms. The largest absolute Gasteiger partial charge is 0.458 e. The van der Waals surface area contributed by atoms with Gasteiger partial charge in [-0.15, -0.1) is 0 Å². The van der Waals surface area contributed by atoms with Crippen molar-refractivity contribution in [1.82, 2.24) is 0 Å². The van der Waals surface area contributed by atoms with Crippen LogP contribution in [0, 0.1) is 10.7 Å². The Kier molecular flexibility index (Phi) is 1.37. The van der Waals surface area contributed by atoms with Gasteiger partial charge in [-0.05, 0) is 35.6 Å². The molecule has 0 atom stereocenters. The van der Waals surface area contributed by atoms with Crippen LogP contribution < -0.4 is 0 Å². The van der Waals surface area contributed by atoms with E-state index < -0.39 is 0 Å². The molecule has 2 heteroatoms. The van der Waals surface area contributed by atoms with Crippen molar-refractivity contribution in [2.24, 2.45) is 0 Å². The average Bonchev–Trinajstić information content (AvgIpc) is 1.91. The van der Waals surface area contributed by atoms with Crippen molar-refractivity contribution < 1.29 is 4.42 Å². The second-order valence-corrected chi connectivity index (χ2v) is 2.36. The van der Waals surface area contributed by atoms with Crippen LogP contribution in [0.25, 0.3) is 0 Å². The van der Waals surface area contributed by atoms with Gasteiger partial charge < -0.3 is 4.42 Å². The molecule has 0 unspecified atom stereocenters. The smallest absolute Gasteiger partial charge is 0.166 e. The third-order valence-electron chi connectivity index (χ3n) is 0.800. The van der Waals surface area contributed by atoms with E-state index in [0.29, 0.717) is 0 Å². The molecule has 0 bridgehead atoms. The van der Waals surface area contributed by atoms with E-state index in [1.165, 1.54) is 5.56 Å². The standard InChI is InChI=1S/C5H5IO/c1-4-2-3-7-5(4)6/h2-3H,1H3. The zero-order chi connectivity index (χ0) is 5.28. The van der Waals surface area contributed by atoms with Crippen molar-refractivity contribution in [1.29, 1.82) is 0 Å². The molecule has 0 saturated carbocycles. The van der Waals surface area contributed by atoms with Crippen molar-refractivity contribution in [2.45, 2.75) is 6.92 Å². The van der Waals surface area contributed by atoms with Crippen molar-refractivity contribution in [3.8, 4) is 0 Å². The Morgan fingerprint density at radius 2 is 2.43 bits per heavy atom. The molecule has 0 aliphatic carbocycles. The second kappa shape index (κ2) is 1.86. The predicted octanol–water partition coefficient (Wildman–Crippen LogP) is 2.19. The molecule has 1 nitrogen and oxygen atoms in total. The highest BCUT2D eigenvalue weighted by molar-refractivity contribution is 14.1. The van der Waals surface area contributed by atoms with Crippen molar-refractivity contribution in [2.75, 3.05) is 0 Å². The molecule has 1 rings (SSSR count). The van der Waals surface area contributed by atoms with E-state index in [0.717, 1.165) is 3.77 Å². The monoisotopic (exact) mass is 208 g/mol. The fourth-order valence-electron chi connectivity index (χ4n) is 0.354. The first-order chi connectivity index (χ1) is 3.30. The third-order valence-corrected chi connectivity index (χ3v) is 1.90. The van der Waals surface area contributed by atoms with E-state index in [1.54, 1.807) is 6.26 Å². The molecule has 1 aromatic heterocycles. The van der Waals surface area contributed by atoms with Crippen LogP contribution in [0.15, 0.2) is 16.7 Å². The Morgan fingerprint density at radius 3 is 2.57 bits per heavy atom. The fraction of sp³-hybridized carbons (Fsp3) is 0.200. The molecule has 0 fully saturated rings. The first-order valence-corrected chi connectivity index (χ1v) is 3.08. The van der Waals surface area contributed by atoms with Crippen LogP contribution in [-0.2, 0) is 0 Å². The van der Waals surface area contributed by atoms with Crippen LogP contribution in [0.5, 0.6) is 0 Å². The summed E-state index contributed by atoms with van der Waals surface area (Å²) >= 11 is 2.15. The minimum absolute atomic E-state index is 0.984. The van der Waals surface area contributed by atoms with Gasteiger partial charge in [-0.2, -0.15) is 0 Å². The van der Waals surface area contributed by atoms with Gasteiger partial charge in [-0.1, -0.05) is 0 Å². The van der Waals surface area contributed by atoms with E-state index in [9.17, 15) is 0 Å². The molecule has 7 heavy (non-hydrogen) atoms. The molecule has 1 heterocycles. The molecule has 0 saturated heterocycles. The minimum Gasteiger partial charge on any atom is -0.458 e. The molecule has 0 aliphatic heterocycles. The van der Waals surface area contributed by atoms with E-state index in [-0.39, 0.29) is 0 Å². The summed E-state index contributed by atoms with van der Waals surface area (Å²) in [5, 5.41) is 0. The highest BCUT2D eigenvalue weighted by Gasteiger charge is 1.91. The van der Waals surface area contributed by atoms with Gasteiger partial charge in [0.15, 0.2) is 3.77 Å². The number of halogens is 1. The first kappa shape index (κ1) is 5.15. The van der Waals surface area contributed by atoms with Gasteiger partial charge in [0, 0.05) is 5.56 Å². The number of furan rings is 1. The van der Waals surface area contributed by atoms with Crippen LogP contribution >= 0.6 is 22.6 Å². The Labute approximate surface area is 55.9 Å². The highest BCUT2D eigenvalue weighted by Crippen LogP contribution is 2.09. The van der Waals surface area contributed by atoms with E-state index in [4.69, 9.17) is 4.42 Å². The molecule has 1 aromatic rings. The highest BCUT2D eigenvalue weighted by atomic mass is 127. The maximum Gasteiger partial charge on any atom is 0.166 e. The van der Waals surface area contributed by atoms with E-state index in [2.05, 4.69) is 22.6 Å². The summed E-state index contributed by atoms with van der Waals surface area (Å²) in [6.45, 7) is 2.02. The van der Waals surface area contributed by atoms with Crippen LogP contribution in [-0.4, -0.2) is 0 Å². The first-order valence-electron chi connectivity index (χ1n) is 2.00. The third kappa shape index (κ3) is 0.964. The fourth-order valence-corrected chi connectivity index (χ4v) is 0.681. The normalized spacial score (nSPS) is 9.43. The molecular weight excluding hydrogens is 203 g/mol. The van der Waals surface area contributed by atoms with Crippen molar-refractivity contribution in [3.63, 3.8) is 0 Å². The Hall–Kier alpha value is 0.01000. The SMILES string of the molecule is Cc1ccoc1I. The van der Waals surface area contributed by atoms with Gasteiger partial charge in [0.1, 0.15) is 0 Å². The lowest BCUT2D eigenvalue weighted by Crippen LogP contribution is -1.62. The van der Waals surface area contributed by atoms with Gasteiger partial charge in [0.25, 0.3) is 0 Å². The topological polar surface area (TPSA) is 13.1 Å². The van der Waals surface area contributed by atoms with E-state index >= 15 is 0 Å². The van der Waals surface area contributed by atoms with E-state index in [1.807, 2.05) is 13.0 Å². The Morgan fingerprint density at radius 1 is 1.71 bits per heavy atom. The van der Waals surface area contributed by atoms with Crippen LogP contribution in [0.4, 0.5) is 0 Å². The van der Waals surface area contributed by atoms with Gasteiger partial charge in [0.2, 0.25) is 0 Å². The summed E-state index contributed by atoms with van der Waals surface area (Å²) in [6.07, 6.45) is 1.69. The molecule has 0 N–H and O–H groups in total. The van der Waals surface area contributed by atoms with Gasteiger partial charge in [0.05, 0.1) is 6.26 Å². The number of hydrogen-bond acceptors (Lipinski definition) is 1. The van der Waals surface area contributed by atoms with Gasteiger partial charge in [-0.25, -0.2) is 0 Å². The number of rotatable bonds is 0. The number of hydrogen-bond donors (Lipinski definition) is 0. The second-order valence-electron chi connectivity index (χ2n) is 1.38. The van der Waals surface area contributed by atoms with Crippen molar-refractivity contribution in [3.05, 3.63) is 21.7 Å². The Bertz CT molecular complexity index is 140. The summed E-state index contributed by atoms with van der Waals surface area (Å²) in [7, 11) is 0. The van der Waals surface area contributed by atoms with Crippen molar-refractivity contribution >= 4 is 22.6 Å². The summed E-state index contributed by atoms with van der Waals surface area (Å²) in [5.74, 6) is 0. The van der Waals surface area contributed by atoms with Crippen LogP contribution in [0.2, 0.25) is 0 Å². The maximum absolute atomic E-state index is 4.95. The molecular formula is C5H5IO. The maximum atomic E-state index is 4.95. The average molecular weight is 208 g/mol. The summed E-state index contributed by atoms with van der Waals surface area (Å²) in [4.78, 5) is 0. The molecule has 0 aromatic carbocycles. The summed E-state index contributed by atoms with van der Waals surface area (Å²) < 4.78 is 5.93. The molecule has 0 radical (unpaired) electrons. The Balaban J connectivity index is 3.12. The van der Waals surface area contributed by atoms with Crippen LogP contribution in [0.1, 0.15) is 5.56 Å². The van der Waals surface area contributed by atoms with Crippen LogP contribution in [0.3, 0.4) is 0 Å². The van der Waals surface area contributed by atoms with Gasteiger partial charge in [-0.3, -0.25) is 0 Å². The quantitative estimate of drug-likeness (QED) is 0.595.